The van der Waals surface area contributed by atoms with Crippen molar-refractivity contribution in [2.24, 2.45) is 0 Å². The van der Waals surface area contributed by atoms with Gasteiger partial charge in [0, 0.05) is 19.3 Å². The Hall–Kier alpha value is -2.41. The van der Waals surface area contributed by atoms with Gasteiger partial charge in [0.1, 0.15) is 12.1 Å². The van der Waals surface area contributed by atoms with Gasteiger partial charge in [-0.3, -0.25) is 9.48 Å². The minimum Gasteiger partial charge on any atom is -0.354 e. The van der Waals surface area contributed by atoms with Crippen LogP contribution in [0, 0.1) is 0 Å². The molecule has 1 N–H and O–H groups in total. The van der Waals surface area contributed by atoms with Crippen LogP contribution in [0.3, 0.4) is 0 Å². The monoisotopic (exact) mass is 318 g/mol. The van der Waals surface area contributed by atoms with Gasteiger partial charge in [0.15, 0.2) is 0 Å². The van der Waals surface area contributed by atoms with E-state index >= 15 is 0 Å². The minimum absolute atomic E-state index is 0.0887. The number of amides is 1. The molecule has 0 aliphatic rings. The molecule has 2 aromatic heterocycles. The van der Waals surface area contributed by atoms with Gasteiger partial charge in [-0.2, -0.15) is 5.10 Å². The lowest BCUT2D eigenvalue weighted by atomic mass is 10.3. The number of aryl methyl sites for hydroxylation is 1. The SMILES string of the molecule is O=C(Cn1nnc2ccccc21)NCCCn1cc(Cl)cn1. The molecule has 0 bridgehead atoms. The number of para-hydroxylation sites is 1. The number of rotatable bonds is 6. The molecular formula is C14H15ClN6O. The van der Waals surface area contributed by atoms with Gasteiger partial charge in [0.05, 0.1) is 16.7 Å². The second kappa shape index (κ2) is 6.57. The van der Waals surface area contributed by atoms with Crippen LogP contribution in [-0.2, 0) is 17.9 Å². The summed E-state index contributed by atoms with van der Waals surface area (Å²) < 4.78 is 3.34. The molecule has 0 saturated carbocycles. The molecule has 1 aromatic carbocycles. The van der Waals surface area contributed by atoms with Gasteiger partial charge in [-0.25, -0.2) is 4.68 Å². The molecule has 22 heavy (non-hydrogen) atoms. The van der Waals surface area contributed by atoms with Gasteiger partial charge in [0.25, 0.3) is 0 Å². The Morgan fingerprint density at radius 1 is 1.32 bits per heavy atom. The van der Waals surface area contributed by atoms with Gasteiger partial charge in [-0.05, 0) is 18.6 Å². The van der Waals surface area contributed by atoms with Gasteiger partial charge in [0.2, 0.25) is 5.91 Å². The maximum Gasteiger partial charge on any atom is 0.241 e. The van der Waals surface area contributed by atoms with Crippen LogP contribution in [0.15, 0.2) is 36.7 Å². The molecule has 2 heterocycles. The van der Waals surface area contributed by atoms with E-state index in [1.54, 1.807) is 21.8 Å². The first-order valence-corrected chi connectivity index (χ1v) is 7.33. The van der Waals surface area contributed by atoms with Crippen molar-refractivity contribution in [2.75, 3.05) is 6.54 Å². The third kappa shape index (κ3) is 3.43. The molecule has 0 unspecified atom stereocenters. The van der Waals surface area contributed by atoms with E-state index in [-0.39, 0.29) is 12.5 Å². The van der Waals surface area contributed by atoms with Gasteiger partial charge >= 0.3 is 0 Å². The molecule has 1 amide bonds. The van der Waals surface area contributed by atoms with Crippen LogP contribution >= 0.6 is 11.6 Å². The molecule has 0 spiro atoms. The first-order valence-electron chi connectivity index (χ1n) is 6.95. The van der Waals surface area contributed by atoms with Crippen LogP contribution in [0.4, 0.5) is 0 Å². The maximum atomic E-state index is 11.9. The van der Waals surface area contributed by atoms with Gasteiger partial charge in [-0.15, -0.1) is 5.10 Å². The maximum absolute atomic E-state index is 11.9. The first-order chi connectivity index (χ1) is 10.7. The summed E-state index contributed by atoms with van der Waals surface area (Å²) in [6.07, 6.45) is 4.13. The van der Waals surface area contributed by atoms with E-state index in [4.69, 9.17) is 11.6 Å². The summed E-state index contributed by atoms with van der Waals surface area (Å²) in [4.78, 5) is 11.9. The molecular weight excluding hydrogens is 304 g/mol. The molecule has 0 saturated heterocycles. The molecule has 3 aromatic rings. The van der Waals surface area contributed by atoms with E-state index in [1.807, 2.05) is 24.3 Å². The summed E-state index contributed by atoms with van der Waals surface area (Å²) >= 11 is 5.78. The van der Waals surface area contributed by atoms with E-state index in [2.05, 4.69) is 20.7 Å². The van der Waals surface area contributed by atoms with Crippen LogP contribution < -0.4 is 5.32 Å². The number of carbonyl (C=O) groups is 1. The summed E-state index contributed by atoms with van der Waals surface area (Å²) in [5.41, 5.74) is 1.63. The molecule has 0 aliphatic heterocycles. The second-order valence-corrected chi connectivity index (χ2v) is 5.30. The van der Waals surface area contributed by atoms with Crippen LogP contribution in [0.2, 0.25) is 5.02 Å². The zero-order valence-electron chi connectivity index (χ0n) is 11.8. The number of hydrogen-bond donors (Lipinski definition) is 1. The molecule has 0 fully saturated rings. The molecule has 0 atom stereocenters. The third-order valence-corrected chi connectivity index (χ3v) is 3.40. The average Bonchev–Trinajstić information content (AvgIpc) is 3.11. The quantitative estimate of drug-likeness (QED) is 0.698. The highest BCUT2D eigenvalue weighted by Crippen LogP contribution is 2.09. The second-order valence-electron chi connectivity index (χ2n) is 4.86. The number of nitrogens with one attached hydrogen (secondary N) is 1. The predicted octanol–water partition coefficient (Wildman–Crippen LogP) is 1.49. The van der Waals surface area contributed by atoms with Crippen molar-refractivity contribution < 1.29 is 4.79 Å². The van der Waals surface area contributed by atoms with E-state index in [0.29, 0.717) is 18.1 Å². The largest absolute Gasteiger partial charge is 0.354 e. The summed E-state index contributed by atoms with van der Waals surface area (Å²) in [6, 6.07) is 7.55. The summed E-state index contributed by atoms with van der Waals surface area (Å²) in [5.74, 6) is -0.0887. The Kier molecular flexibility index (Phi) is 4.34. The van der Waals surface area contributed by atoms with E-state index in [9.17, 15) is 4.79 Å². The van der Waals surface area contributed by atoms with Gasteiger partial charge < -0.3 is 5.32 Å². The third-order valence-electron chi connectivity index (χ3n) is 3.20. The molecule has 7 nitrogen and oxygen atoms in total. The summed E-state index contributed by atoms with van der Waals surface area (Å²) in [5, 5.41) is 15.6. The average molecular weight is 319 g/mol. The van der Waals surface area contributed by atoms with E-state index in [1.165, 1.54) is 0 Å². The number of fused-ring (bicyclic) bond motifs is 1. The lowest BCUT2D eigenvalue weighted by Crippen LogP contribution is -2.29. The Morgan fingerprint density at radius 3 is 3.00 bits per heavy atom. The Labute approximate surface area is 131 Å². The van der Waals surface area contributed by atoms with E-state index in [0.717, 1.165) is 17.5 Å². The first kappa shape index (κ1) is 14.5. The summed E-state index contributed by atoms with van der Waals surface area (Å²) in [6.45, 7) is 1.44. The topological polar surface area (TPSA) is 77.6 Å². The Morgan fingerprint density at radius 2 is 2.18 bits per heavy atom. The van der Waals surface area contributed by atoms with Crippen molar-refractivity contribution in [2.45, 2.75) is 19.5 Å². The number of halogens is 1. The molecule has 0 aliphatic carbocycles. The number of nitrogens with zero attached hydrogens (tertiary/aromatic N) is 5. The molecule has 114 valence electrons. The van der Waals surface area contributed by atoms with Crippen molar-refractivity contribution in [3.63, 3.8) is 0 Å². The fourth-order valence-electron chi connectivity index (χ4n) is 2.16. The number of hydrogen-bond acceptors (Lipinski definition) is 4. The van der Waals surface area contributed by atoms with Crippen molar-refractivity contribution in [3.8, 4) is 0 Å². The van der Waals surface area contributed by atoms with Crippen LogP contribution in [0.1, 0.15) is 6.42 Å². The van der Waals surface area contributed by atoms with Crippen LogP contribution in [0.5, 0.6) is 0 Å². The Balaban J connectivity index is 1.46. The lowest BCUT2D eigenvalue weighted by Gasteiger charge is -2.06. The normalized spacial score (nSPS) is 11.0. The van der Waals surface area contributed by atoms with Crippen LogP contribution in [0.25, 0.3) is 11.0 Å². The predicted molar refractivity (Wildman–Crippen MR) is 82.4 cm³/mol. The van der Waals surface area contributed by atoms with E-state index < -0.39 is 0 Å². The smallest absolute Gasteiger partial charge is 0.241 e. The van der Waals surface area contributed by atoms with Crippen molar-refractivity contribution >= 4 is 28.5 Å². The number of carbonyl (C=O) groups excluding carboxylic acids is 1. The molecule has 8 heteroatoms. The number of aromatic nitrogens is 5. The summed E-state index contributed by atoms with van der Waals surface area (Å²) in [7, 11) is 0. The Bertz CT molecular complexity index is 780. The van der Waals surface area contributed by atoms with Crippen molar-refractivity contribution in [1.29, 1.82) is 0 Å². The van der Waals surface area contributed by atoms with Gasteiger partial charge in [-0.1, -0.05) is 28.9 Å². The fraction of sp³-hybridized carbons (Fsp3) is 0.286. The fourth-order valence-corrected chi connectivity index (χ4v) is 2.31. The van der Waals surface area contributed by atoms with Crippen molar-refractivity contribution in [3.05, 3.63) is 41.7 Å². The zero-order valence-corrected chi connectivity index (χ0v) is 12.6. The highest BCUT2D eigenvalue weighted by Gasteiger charge is 2.07. The molecule has 3 rings (SSSR count). The minimum atomic E-state index is -0.0887. The standard InChI is InChI=1S/C14H15ClN6O/c15-11-8-17-20(9-11)7-3-6-16-14(22)10-21-13-5-2-1-4-12(13)18-19-21/h1-2,4-5,8-9H,3,6-7,10H2,(H,16,22). The molecule has 0 radical (unpaired) electrons. The highest BCUT2D eigenvalue weighted by atomic mass is 35.5. The zero-order chi connectivity index (χ0) is 15.4. The van der Waals surface area contributed by atoms with Crippen molar-refractivity contribution in [1.82, 2.24) is 30.1 Å². The number of benzene rings is 1. The highest BCUT2D eigenvalue weighted by molar-refractivity contribution is 6.30. The van der Waals surface area contributed by atoms with Crippen LogP contribution in [-0.4, -0.2) is 37.2 Å². The lowest BCUT2D eigenvalue weighted by molar-refractivity contribution is -0.121.